The van der Waals surface area contributed by atoms with E-state index in [1.165, 1.54) is 7.11 Å². The Kier molecular flexibility index (Phi) is 3.46. The molecule has 0 aromatic heterocycles. The first-order valence-electron chi connectivity index (χ1n) is 2.34. The molecule has 0 aromatic carbocycles. The van der Waals surface area contributed by atoms with Gasteiger partial charge in [0.25, 0.3) is 5.95 Å². The Balaban J connectivity index is 3.47. The summed E-state index contributed by atoms with van der Waals surface area (Å²) in [5.74, 6) is -0.590. The third kappa shape index (κ3) is 3.54. The number of carbonyl (C=O) groups excluding carboxylic acids is 1. The normalized spacial score (nSPS) is 8.22. The van der Waals surface area contributed by atoms with Crippen LogP contribution in [0.25, 0.3) is 0 Å². The summed E-state index contributed by atoms with van der Waals surface area (Å²) >= 11 is 0. The molecule has 9 heavy (non-hydrogen) atoms. The molecule has 2 N–H and O–H groups in total. The summed E-state index contributed by atoms with van der Waals surface area (Å²) in [5.41, 5.74) is 4.90. The molecule has 0 fully saturated rings. The van der Waals surface area contributed by atoms with Crippen LogP contribution in [0.1, 0.15) is 0 Å². The molecule has 4 heteroatoms. The quantitative estimate of drug-likeness (QED) is 0.418. The third-order valence-electron chi connectivity index (χ3n) is 0.622. The van der Waals surface area contributed by atoms with Crippen molar-refractivity contribution in [2.24, 2.45) is 5.73 Å². The second-order valence-electron chi connectivity index (χ2n) is 1.25. The predicted molar refractivity (Wildman–Crippen MR) is 31.3 cm³/mol. The van der Waals surface area contributed by atoms with E-state index in [9.17, 15) is 4.79 Å². The number of rotatable bonds is 3. The van der Waals surface area contributed by atoms with Gasteiger partial charge in [-0.1, -0.05) is 0 Å². The molecule has 0 spiro atoms. The van der Waals surface area contributed by atoms with Crippen LogP contribution in [0.4, 0.5) is 0 Å². The van der Waals surface area contributed by atoms with Crippen molar-refractivity contribution in [1.82, 2.24) is 0 Å². The molecule has 0 aliphatic heterocycles. The Hall–Kier alpha value is -1.03. The van der Waals surface area contributed by atoms with Crippen molar-refractivity contribution in [3.8, 4) is 0 Å². The van der Waals surface area contributed by atoms with Crippen molar-refractivity contribution in [2.45, 2.75) is 0 Å². The van der Waals surface area contributed by atoms with E-state index in [0.717, 1.165) is 0 Å². The fourth-order valence-corrected chi connectivity index (χ4v) is 0.210. The largest absolute Gasteiger partial charge is 0.469 e. The van der Waals surface area contributed by atoms with Crippen LogP contribution in [0.15, 0.2) is 12.5 Å². The smallest absolute Gasteiger partial charge is 0.327 e. The zero-order chi connectivity index (χ0) is 7.28. The molecule has 0 unspecified atom stereocenters. The molecule has 0 saturated heterocycles. The van der Waals surface area contributed by atoms with E-state index >= 15 is 0 Å². The van der Waals surface area contributed by atoms with Gasteiger partial charge in [-0.15, -0.1) is 0 Å². The van der Waals surface area contributed by atoms with Crippen LogP contribution in [0, 0.1) is 0 Å². The summed E-state index contributed by atoms with van der Waals surface area (Å²) in [7, 11) is 1.35. The van der Waals surface area contributed by atoms with Crippen molar-refractivity contribution in [1.29, 1.82) is 0 Å². The topological polar surface area (TPSA) is 61.5 Å². The molecule has 52 valence electrons. The molecular formula is C5H9NO3. The minimum Gasteiger partial charge on any atom is -0.469 e. The van der Waals surface area contributed by atoms with Crippen LogP contribution >= 0.6 is 0 Å². The van der Waals surface area contributed by atoms with Crippen molar-refractivity contribution in [3.63, 3.8) is 0 Å². The highest BCUT2D eigenvalue weighted by atomic mass is 16.7. The van der Waals surface area contributed by atoms with Crippen LogP contribution in [0.2, 0.25) is 0 Å². The lowest BCUT2D eigenvalue weighted by Crippen LogP contribution is -2.16. The van der Waals surface area contributed by atoms with E-state index in [4.69, 9.17) is 5.73 Å². The standard InChI is InChI=1S/C5H9NO3/c1-4(8-2)9-5(7)3-6/h1,3,6H2,2H3. The van der Waals surface area contributed by atoms with Crippen LogP contribution < -0.4 is 5.73 Å². The number of nitrogens with two attached hydrogens (primary N) is 1. The fourth-order valence-electron chi connectivity index (χ4n) is 0.210. The molecule has 0 saturated carbocycles. The number of hydrogen-bond donors (Lipinski definition) is 1. The Morgan fingerprint density at radius 2 is 2.33 bits per heavy atom. The first-order valence-corrected chi connectivity index (χ1v) is 2.34. The Bertz CT molecular complexity index is 107. The molecule has 0 atom stereocenters. The van der Waals surface area contributed by atoms with Crippen molar-refractivity contribution < 1.29 is 14.3 Å². The lowest BCUT2D eigenvalue weighted by Gasteiger charge is -2.01. The highest BCUT2D eigenvalue weighted by Crippen LogP contribution is 1.91. The molecule has 0 aliphatic rings. The predicted octanol–water partition coefficient (Wildman–Crippen LogP) is -0.394. The molecular weight excluding hydrogens is 122 g/mol. The van der Waals surface area contributed by atoms with Gasteiger partial charge in [0.05, 0.1) is 13.7 Å². The van der Waals surface area contributed by atoms with Crippen molar-refractivity contribution in [3.05, 3.63) is 12.5 Å². The average molecular weight is 131 g/mol. The summed E-state index contributed by atoms with van der Waals surface area (Å²) in [5, 5.41) is 0. The minimum atomic E-state index is -0.554. The number of hydrogen-bond acceptors (Lipinski definition) is 4. The van der Waals surface area contributed by atoms with Gasteiger partial charge in [0.2, 0.25) is 0 Å². The zero-order valence-corrected chi connectivity index (χ0v) is 5.22. The number of methoxy groups -OCH3 is 1. The SMILES string of the molecule is C=C(OC)OC(=O)CN. The van der Waals surface area contributed by atoms with E-state index in [2.05, 4.69) is 16.1 Å². The highest BCUT2D eigenvalue weighted by molar-refractivity contribution is 5.72. The molecule has 0 heterocycles. The van der Waals surface area contributed by atoms with Gasteiger partial charge < -0.3 is 15.2 Å². The summed E-state index contributed by atoms with van der Waals surface area (Å²) in [4.78, 5) is 10.3. The number of esters is 1. The molecule has 0 aliphatic carbocycles. The Morgan fingerprint density at radius 3 is 2.67 bits per heavy atom. The monoisotopic (exact) mass is 131 g/mol. The number of carbonyl (C=O) groups is 1. The van der Waals surface area contributed by atoms with E-state index in [1.54, 1.807) is 0 Å². The molecule has 0 rings (SSSR count). The first-order chi connectivity index (χ1) is 4.20. The van der Waals surface area contributed by atoms with Gasteiger partial charge in [-0.05, 0) is 6.58 Å². The minimum absolute atomic E-state index is 0.0366. The zero-order valence-electron chi connectivity index (χ0n) is 5.22. The first kappa shape index (κ1) is 7.97. The maximum atomic E-state index is 10.3. The van der Waals surface area contributed by atoms with Crippen LogP contribution in [0.5, 0.6) is 0 Å². The molecule has 0 amide bonds. The summed E-state index contributed by atoms with van der Waals surface area (Å²) in [6, 6.07) is 0. The number of ether oxygens (including phenoxy) is 2. The Morgan fingerprint density at radius 1 is 1.78 bits per heavy atom. The molecule has 0 bridgehead atoms. The second kappa shape index (κ2) is 3.91. The highest BCUT2D eigenvalue weighted by Gasteiger charge is 1.99. The Labute approximate surface area is 53.2 Å². The third-order valence-corrected chi connectivity index (χ3v) is 0.622. The van der Waals surface area contributed by atoms with E-state index in [0.29, 0.717) is 0 Å². The van der Waals surface area contributed by atoms with E-state index in [1.807, 2.05) is 0 Å². The summed E-state index contributed by atoms with van der Waals surface area (Å²) in [6.07, 6.45) is 0. The lowest BCUT2D eigenvalue weighted by atomic mass is 10.7. The average Bonchev–Trinajstić information content (AvgIpc) is 1.87. The van der Waals surface area contributed by atoms with E-state index in [-0.39, 0.29) is 12.5 Å². The molecule has 0 radical (unpaired) electrons. The van der Waals surface area contributed by atoms with Crippen molar-refractivity contribution in [2.75, 3.05) is 13.7 Å². The summed E-state index contributed by atoms with van der Waals surface area (Å²) in [6.45, 7) is 3.08. The maximum Gasteiger partial charge on any atom is 0.327 e. The van der Waals surface area contributed by atoms with Gasteiger partial charge in [0.1, 0.15) is 0 Å². The van der Waals surface area contributed by atoms with E-state index < -0.39 is 5.97 Å². The van der Waals surface area contributed by atoms with Gasteiger partial charge in [-0.25, -0.2) is 0 Å². The molecule has 0 aromatic rings. The maximum absolute atomic E-state index is 10.3. The van der Waals surface area contributed by atoms with Crippen LogP contribution in [0.3, 0.4) is 0 Å². The van der Waals surface area contributed by atoms with Gasteiger partial charge in [0.15, 0.2) is 0 Å². The summed E-state index contributed by atoms with van der Waals surface area (Å²) < 4.78 is 8.80. The van der Waals surface area contributed by atoms with Gasteiger partial charge >= 0.3 is 5.97 Å². The van der Waals surface area contributed by atoms with Gasteiger partial charge in [-0.2, -0.15) is 0 Å². The van der Waals surface area contributed by atoms with Gasteiger partial charge in [0, 0.05) is 0 Å². The van der Waals surface area contributed by atoms with Gasteiger partial charge in [-0.3, -0.25) is 4.79 Å². The van der Waals surface area contributed by atoms with Crippen molar-refractivity contribution >= 4 is 5.97 Å². The molecule has 4 nitrogen and oxygen atoms in total. The van der Waals surface area contributed by atoms with Crippen LogP contribution in [-0.4, -0.2) is 19.6 Å². The van der Waals surface area contributed by atoms with Crippen LogP contribution in [-0.2, 0) is 14.3 Å². The fraction of sp³-hybridized carbons (Fsp3) is 0.400. The second-order valence-corrected chi connectivity index (χ2v) is 1.25. The lowest BCUT2D eigenvalue weighted by molar-refractivity contribution is -0.142.